The van der Waals surface area contributed by atoms with Crippen LogP contribution in [0, 0.1) is 5.41 Å². The molecule has 0 aromatic heterocycles. The molecule has 0 aromatic carbocycles. The number of hydrogen-bond acceptors (Lipinski definition) is 1. The van der Waals surface area contributed by atoms with E-state index < -0.39 is 0 Å². The van der Waals surface area contributed by atoms with Crippen LogP contribution in [0.4, 0.5) is 0 Å². The smallest absolute Gasteiger partial charge is 0.250 e. The second kappa shape index (κ2) is 2.76. The Bertz CT molecular complexity index is 127. The van der Waals surface area contributed by atoms with Crippen LogP contribution in [0.25, 0.3) is 0 Å². The summed E-state index contributed by atoms with van der Waals surface area (Å²) in [5.41, 5.74) is -0.318. The van der Waals surface area contributed by atoms with Gasteiger partial charge < -0.3 is 0 Å². The van der Waals surface area contributed by atoms with Gasteiger partial charge in [0.2, 0.25) is 0 Å². The van der Waals surface area contributed by atoms with Crippen molar-refractivity contribution in [3.8, 4) is 0 Å². The molecular weight excluding hydrogens is 114 g/mol. The molecule has 0 spiro atoms. The van der Waals surface area contributed by atoms with Gasteiger partial charge in [-0.05, 0) is 13.1 Å². The second-order valence-electron chi connectivity index (χ2n) is 2.70. The fourth-order valence-corrected chi connectivity index (χ4v) is 0.365. The van der Waals surface area contributed by atoms with Gasteiger partial charge in [0.25, 0.3) is 5.91 Å². The lowest BCUT2D eigenvalue weighted by Gasteiger charge is -2.16. The minimum atomic E-state index is -0.318. The SMILES string of the molecule is C=NC(=O)C(C)(C)CC. The maximum atomic E-state index is 10.8. The number of hydrogen-bond donors (Lipinski definition) is 0. The van der Waals surface area contributed by atoms with Gasteiger partial charge in [0.05, 0.1) is 0 Å². The predicted octanol–water partition coefficient (Wildman–Crippen LogP) is 1.65. The molecule has 0 aliphatic heterocycles. The number of rotatable bonds is 2. The normalized spacial score (nSPS) is 11.0. The summed E-state index contributed by atoms with van der Waals surface area (Å²) in [5, 5.41) is 0. The molecule has 0 aliphatic rings. The first kappa shape index (κ1) is 8.34. The van der Waals surface area contributed by atoms with Crippen LogP contribution in [0.1, 0.15) is 27.2 Å². The number of nitrogens with zero attached hydrogens (tertiary/aromatic N) is 1. The highest BCUT2D eigenvalue weighted by Gasteiger charge is 2.23. The van der Waals surface area contributed by atoms with Crippen molar-refractivity contribution in [2.24, 2.45) is 10.4 Å². The van der Waals surface area contributed by atoms with Gasteiger partial charge in [-0.1, -0.05) is 20.8 Å². The highest BCUT2D eigenvalue weighted by molar-refractivity contribution is 5.85. The zero-order chi connectivity index (χ0) is 7.49. The molecule has 0 aromatic rings. The van der Waals surface area contributed by atoms with Crippen LogP contribution >= 0.6 is 0 Å². The van der Waals surface area contributed by atoms with E-state index in [1.165, 1.54) is 0 Å². The van der Waals surface area contributed by atoms with Crippen molar-refractivity contribution in [3.63, 3.8) is 0 Å². The Labute approximate surface area is 56.0 Å². The van der Waals surface area contributed by atoms with E-state index in [-0.39, 0.29) is 11.3 Å². The van der Waals surface area contributed by atoms with Crippen LogP contribution < -0.4 is 0 Å². The minimum absolute atomic E-state index is 0.120. The van der Waals surface area contributed by atoms with Gasteiger partial charge in [-0.15, -0.1) is 0 Å². The standard InChI is InChI=1S/C7H13NO/c1-5-7(2,3)6(9)8-4/h4-5H2,1-3H3. The van der Waals surface area contributed by atoms with Crippen molar-refractivity contribution < 1.29 is 4.79 Å². The third kappa shape index (κ3) is 1.96. The molecule has 0 saturated heterocycles. The third-order valence-electron chi connectivity index (χ3n) is 1.61. The van der Waals surface area contributed by atoms with Crippen molar-refractivity contribution in [3.05, 3.63) is 0 Å². The van der Waals surface area contributed by atoms with E-state index in [9.17, 15) is 4.79 Å². The first-order chi connectivity index (χ1) is 4.04. The molecule has 0 heterocycles. The molecule has 2 nitrogen and oxygen atoms in total. The average molecular weight is 127 g/mol. The van der Waals surface area contributed by atoms with Gasteiger partial charge in [-0.2, -0.15) is 0 Å². The van der Waals surface area contributed by atoms with Crippen LogP contribution in [0.5, 0.6) is 0 Å². The Morgan fingerprint density at radius 2 is 2.11 bits per heavy atom. The molecule has 0 aliphatic carbocycles. The van der Waals surface area contributed by atoms with Crippen molar-refractivity contribution >= 4 is 12.6 Å². The molecule has 2 heteroatoms. The number of carbonyl (C=O) groups excluding carboxylic acids is 1. The van der Waals surface area contributed by atoms with E-state index in [4.69, 9.17) is 0 Å². The lowest BCUT2D eigenvalue weighted by Crippen LogP contribution is -2.20. The Balaban J connectivity index is 4.13. The number of amides is 1. The van der Waals surface area contributed by atoms with E-state index >= 15 is 0 Å². The molecule has 0 saturated carbocycles. The molecule has 0 bridgehead atoms. The van der Waals surface area contributed by atoms with Crippen LogP contribution in [-0.2, 0) is 4.79 Å². The summed E-state index contributed by atoms with van der Waals surface area (Å²) in [7, 11) is 0. The lowest BCUT2D eigenvalue weighted by molar-refractivity contribution is -0.125. The van der Waals surface area contributed by atoms with Gasteiger partial charge in [0.1, 0.15) is 0 Å². The molecule has 0 radical (unpaired) electrons. The summed E-state index contributed by atoms with van der Waals surface area (Å²) >= 11 is 0. The maximum Gasteiger partial charge on any atom is 0.250 e. The topological polar surface area (TPSA) is 29.4 Å². The Hall–Kier alpha value is -0.660. The molecule has 0 fully saturated rings. The summed E-state index contributed by atoms with van der Waals surface area (Å²) in [6.07, 6.45) is 0.810. The summed E-state index contributed by atoms with van der Waals surface area (Å²) in [4.78, 5) is 14.2. The molecule has 0 unspecified atom stereocenters. The Morgan fingerprint density at radius 1 is 1.67 bits per heavy atom. The zero-order valence-electron chi connectivity index (χ0n) is 6.27. The van der Waals surface area contributed by atoms with Crippen LogP contribution in [-0.4, -0.2) is 12.6 Å². The van der Waals surface area contributed by atoms with Crippen molar-refractivity contribution in [2.45, 2.75) is 27.2 Å². The lowest BCUT2D eigenvalue weighted by atomic mass is 9.90. The molecule has 52 valence electrons. The Morgan fingerprint density at radius 3 is 2.22 bits per heavy atom. The van der Waals surface area contributed by atoms with Crippen molar-refractivity contribution in [2.75, 3.05) is 0 Å². The second-order valence-corrected chi connectivity index (χ2v) is 2.70. The largest absolute Gasteiger partial charge is 0.272 e. The summed E-state index contributed by atoms with van der Waals surface area (Å²) < 4.78 is 0. The van der Waals surface area contributed by atoms with E-state index in [0.29, 0.717) is 0 Å². The first-order valence-electron chi connectivity index (χ1n) is 3.05. The molecule has 0 N–H and O–H groups in total. The van der Waals surface area contributed by atoms with Crippen molar-refractivity contribution in [1.82, 2.24) is 0 Å². The summed E-state index contributed by atoms with van der Waals surface area (Å²) in [6.45, 7) is 8.87. The monoisotopic (exact) mass is 127 g/mol. The van der Waals surface area contributed by atoms with Gasteiger partial charge in [0.15, 0.2) is 0 Å². The molecule has 1 amide bonds. The predicted molar refractivity (Wildman–Crippen MR) is 38.6 cm³/mol. The fraction of sp³-hybridized carbons (Fsp3) is 0.714. The summed E-state index contributed by atoms with van der Waals surface area (Å²) in [5.74, 6) is -0.120. The van der Waals surface area contributed by atoms with Gasteiger partial charge >= 0.3 is 0 Å². The minimum Gasteiger partial charge on any atom is -0.272 e. The highest BCUT2D eigenvalue weighted by atomic mass is 16.1. The van der Waals surface area contributed by atoms with E-state index in [0.717, 1.165) is 6.42 Å². The van der Waals surface area contributed by atoms with Crippen LogP contribution in [0.2, 0.25) is 0 Å². The van der Waals surface area contributed by atoms with Crippen molar-refractivity contribution in [1.29, 1.82) is 0 Å². The summed E-state index contributed by atoms with van der Waals surface area (Å²) in [6, 6.07) is 0. The number of aliphatic imine (C=N–C) groups is 1. The molecule has 9 heavy (non-hydrogen) atoms. The van der Waals surface area contributed by atoms with E-state index in [1.807, 2.05) is 20.8 Å². The first-order valence-corrected chi connectivity index (χ1v) is 3.05. The zero-order valence-corrected chi connectivity index (χ0v) is 6.27. The van der Waals surface area contributed by atoms with Crippen LogP contribution in [0.15, 0.2) is 4.99 Å². The number of carbonyl (C=O) groups is 1. The maximum absolute atomic E-state index is 10.8. The molecular formula is C7H13NO. The van der Waals surface area contributed by atoms with E-state index in [1.54, 1.807) is 0 Å². The van der Waals surface area contributed by atoms with Crippen LogP contribution in [0.3, 0.4) is 0 Å². The quantitative estimate of drug-likeness (QED) is 0.518. The average Bonchev–Trinajstić information content (AvgIpc) is 1.86. The Kier molecular flexibility index (Phi) is 2.56. The molecule has 0 rings (SSSR count). The van der Waals surface area contributed by atoms with Gasteiger partial charge in [0, 0.05) is 5.41 Å². The van der Waals surface area contributed by atoms with E-state index in [2.05, 4.69) is 11.7 Å². The van der Waals surface area contributed by atoms with Gasteiger partial charge in [-0.25, -0.2) is 4.99 Å². The molecule has 0 atom stereocenters. The fourth-order valence-electron chi connectivity index (χ4n) is 0.365. The highest BCUT2D eigenvalue weighted by Crippen LogP contribution is 2.20. The third-order valence-corrected chi connectivity index (χ3v) is 1.61. The van der Waals surface area contributed by atoms with Gasteiger partial charge in [-0.3, -0.25) is 4.79 Å².